The van der Waals surface area contributed by atoms with Crippen LogP contribution in [0.3, 0.4) is 0 Å². The van der Waals surface area contributed by atoms with Crippen LogP contribution >= 0.6 is 11.6 Å². The van der Waals surface area contributed by atoms with E-state index in [1.165, 1.54) is 0 Å². The second kappa shape index (κ2) is 4.37. The Morgan fingerprint density at radius 1 is 1.41 bits per heavy atom. The van der Waals surface area contributed by atoms with Crippen molar-refractivity contribution in [3.63, 3.8) is 0 Å². The molecular weight excluding hydrogens is 238 g/mol. The summed E-state index contributed by atoms with van der Waals surface area (Å²) in [7, 11) is 1.85. The summed E-state index contributed by atoms with van der Waals surface area (Å²) in [6.45, 7) is 3.90. The van der Waals surface area contributed by atoms with Gasteiger partial charge >= 0.3 is 0 Å². The number of halogens is 1. The van der Waals surface area contributed by atoms with Crippen LogP contribution in [-0.2, 0) is 13.5 Å². The lowest BCUT2D eigenvalue weighted by molar-refractivity contribution is 0.619. The molecule has 0 aliphatic heterocycles. The summed E-state index contributed by atoms with van der Waals surface area (Å²) in [5, 5.41) is 0.381. The molecule has 5 heteroatoms. The molecule has 0 saturated carbocycles. The van der Waals surface area contributed by atoms with Gasteiger partial charge in [-0.1, -0.05) is 24.6 Å². The Morgan fingerprint density at radius 3 is 2.65 bits per heavy atom. The predicted molar refractivity (Wildman–Crippen MR) is 67.9 cm³/mol. The van der Waals surface area contributed by atoms with Crippen molar-refractivity contribution in [3.8, 4) is 5.82 Å². The zero-order valence-corrected chi connectivity index (χ0v) is 10.8. The van der Waals surface area contributed by atoms with E-state index in [-0.39, 0.29) is 5.56 Å². The summed E-state index contributed by atoms with van der Waals surface area (Å²) in [4.78, 5) is 16.4. The molecule has 0 unspecified atom stereocenters. The van der Waals surface area contributed by atoms with Gasteiger partial charge < -0.3 is 0 Å². The molecule has 0 fully saturated rings. The molecule has 0 aromatic carbocycles. The Balaban J connectivity index is 2.73. The van der Waals surface area contributed by atoms with Crippen LogP contribution in [0, 0.1) is 6.92 Å². The average molecular weight is 252 g/mol. The first-order chi connectivity index (χ1) is 8.06. The topological polar surface area (TPSA) is 39.8 Å². The zero-order valence-electron chi connectivity index (χ0n) is 10.1. The summed E-state index contributed by atoms with van der Waals surface area (Å²) >= 11 is 5.84. The van der Waals surface area contributed by atoms with Crippen LogP contribution in [0.2, 0.25) is 5.15 Å². The SMILES string of the molecule is CCc1c(C)n(C)n(-c2cccc(Cl)n2)c1=O. The quantitative estimate of drug-likeness (QED) is 0.767. The fraction of sp³-hybridized carbons (Fsp3) is 0.333. The number of hydrogen-bond donors (Lipinski definition) is 0. The Morgan fingerprint density at radius 2 is 2.12 bits per heavy atom. The molecule has 0 N–H and O–H groups in total. The second-order valence-corrected chi connectivity index (χ2v) is 4.26. The third-order valence-corrected chi connectivity index (χ3v) is 3.15. The minimum Gasteiger partial charge on any atom is -0.284 e. The molecule has 90 valence electrons. The van der Waals surface area contributed by atoms with Crippen molar-refractivity contribution in [3.05, 3.63) is 45.0 Å². The van der Waals surface area contributed by atoms with Gasteiger partial charge in [-0.05, 0) is 25.5 Å². The van der Waals surface area contributed by atoms with Gasteiger partial charge in [0.05, 0.1) is 0 Å². The number of aromatic nitrogens is 3. The Bertz CT molecular complexity index is 613. The minimum absolute atomic E-state index is 0.0257. The predicted octanol–water partition coefficient (Wildman–Crippen LogP) is 2.10. The van der Waals surface area contributed by atoms with E-state index in [0.717, 1.165) is 11.3 Å². The van der Waals surface area contributed by atoms with Gasteiger partial charge in [-0.25, -0.2) is 4.98 Å². The van der Waals surface area contributed by atoms with Crippen LogP contribution in [0.5, 0.6) is 0 Å². The molecule has 2 aromatic heterocycles. The first-order valence-corrected chi connectivity index (χ1v) is 5.84. The monoisotopic (exact) mass is 251 g/mol. The van der Waals surface area contributed by atoms with E-state index in [0.29, 0.717) is 17.4 Å². The normalized spacial score (nSPS) is 10.8. The van der Waals surface area contributed by atoms with Crippen LogP contribution in [0.25, 0.3) is 5.82 Å². The maximum atomic E-state index is 12.2. The first-order valence-electron chi connectivity index (χ1n) is 5.46. The largest absolute Gasteiger partial charge is 0.284 e. The maximum Gasteiger partial charge on any atom is 0.276 e. The maximum absolute atomic E-state index is 12.2. The summed E-state index contributed by atoms with van der Waals surface area (Å²) in [6, 6.07) is 5.24. The van der Waals surface area contributed by atoms with E-state index in [1.54, 1.807) is 27.6 Å². The van der Waals surface area contributed by atoms with E-state index >= 15 is 0 Å². The highest BCUT2D eigenvalue weighted by atomic mass is 35.5. The molecule has 0 bridgehead atoms. The van der Waals surface area contributed by atoms with Gasteiger partial charge in [-0.15, -0.1) is 0 Å². The van der Waals surface area contributed by atoms with E-state index < -0.39 is 0 Å². The molecular formula is C12H14ClN3O. The highest BCUT2D eigenvalue weighted by Gasteiger charge is 2.14. The highest BCUT2D eigenvalue weighted by Crippen LogP contribution is 2.11. The second-order valence-electron chi connectivity index (χ2n) is 3.88. The first kappa shape index (κ1) is 11.9. The molecule has 2 aromatic rings. The van der Waals surface area contributed by atoms with Gasteiger partial charge in [0.1, 0.15) is 5.15 Å². The molecule has 2 heterocycles. The van der Waals surface area contributed by atoms with Crippen molar-refractivity contribution in [1.82, 2.24) is 14.3 Å². The Hall–Kier alpha value is -1.55. The van der Waals surface area contributed by atoms with Crippen molar-refractivity contribution >= 4 is 11.6 Å². The van der Waals surface area contributed by atoms with Crippen molar-refractivity contribution in [2.45, 2.75) is 20.3 Å². The fourth-order valence-corrected chi connectivity index (χ4v) is 2.10. The lowest BCUT2D eigenvalue weighted by Gasteiger charge is -2.07. The molecule has 17 heavy (non-hydrogen) atoms. The van der Waals surface area contributed by atoms with Gasteiger partial charge in [-0.2, -0.15) is 4.68 Å². The Labute approximate surface area is 104 Å². The third kappa shape index (κ3) is 1.89. The van der Waals surface area contributed by atoms with E-state index in [2.05, 4.69) is 4.98 Å². The molecule has 2 rings (SSSR count). The molecule has 4 nitrogen and oxygen atoms in total. The summed E-state index contributed by atoms with van der Waals surface area (Å²) < 4.78 is 3.35. The molecule has 0 saturated heterocycles. The van der Waals surface area contributed by atoms with Crippen molar-refractivity contribution in [2.75, 3.05) is 0 Å². The highest BCUT2D eigenvalue weighted by molar-refractivity contribution is 6.29. The average Bonchev–Trinajstić information content (AvgIpc) is 2.50. The summed E-state index contributed by atoms with van der Waals surface area (Å²) in [5.74, 6) is 0.549. The van der Waals surface area contributed by atoms with Crippen molar-refractivity contribution in [1.29, 1.82) is 0 Å². The van der Waals surface area contributed by atoms with Gasteiger partial charge in [0.15, 0.2) is 5.82 Å². The number of pyridine rings is 1. The van der Waals surface area contributed by atoms with Crippen LogP contribution in [-0.4, -0.2) is 14.3 Å². The van der Waals surface area contributed by atoms with Crippen molar-refractivity contribution in [2.24, 2.45) is 7.05 Å². The molecule has 0 amide bonds. The standard InChI is InChI=1S/C12H14ClN3O/c1-4-9-8(2)15(3)16(12(9)17)11-7-5-6-10(13)14-11/h5-7H,4H2,1-3H3. The zero-order chi connectivity index (χ0) is 12.6. The van der Waals surface area contributed by atoms with Gasteiger partial charge in [-0.3, -0.25) is 9.48 Å². The summed E-state index contributed by atoms with van der Waals surface area (Å²) in [5.41, 5.74) is 1.75. The van der Waals surface area contributed by atoms with Crippen LogP contribution in [0.15, 0.2) is 23.0 Å². The van der Waals surface area contributed by atoms with Crippen LogP contribution in [0.4, 0.5) is 0 Å². The van der Waals surface area contributed by atoms with E-state index in [9.17, 15) is 4.79 Å². The number of hydrogen-bond acceptors (Lipinski definition) is 2. The van der Waals surface area contributed by atoms with Crippen LogP contribution in [0.1, 0.15) is 18.2 Å². The molecule has 0 spiro atoms. The van der Waals surface area contributed by atoms with Crippen molar-refractivity contribution < 1.29 is 0 Å². The fourth-order valence-electron chi connectivity index (χ4n) is 1.94. The number of rotatable bonds is 2. The lowest BCUT2D eigenvalue weighted by Crippen LogP contribution is -2.21. The minimum atomic E-state index is -0.0257. The van der Waals surface area contributed by atoms with Crippen LogP contribution < -0.4 is 5.56 Å². The smallest absolute Gasteiger partial charge is 0.276 e. The number of nitrogens with zero attached hydrogens (tertiary/aromatic N) is 3. The van der Waals surface area contributed by atoms with E-state index in [1.807, 2.05) is 20.9 Å². The third-order valence-electron chi connectivity index (χ3n) is 2.94. The Kier molecular flexibility index (Phi) is 3.07. The summed E-state index contributed by atoms with van der Waals surface area (Å²) in [6.07, 6.45) is 0.714. The molecule has 0 aliphatic carbocycles. The lowest BCUT2D eigenvalue weighted by atomic mass is 10.2. The van der Waals surface area contributed by atoms with Gasteiger partial charge in [0, 0.05) is 18.3 Å². The van der Waals surface area contributed by atoms with Gasteiger partial charge in [0.2, 0.25) is 0 Å². The molecule has 0 atom stereocenters. The molecule has 0 aliphatic rings. The van der Waals surface area contributed by atoms with E-state index in [4.69, 9.17) is 11.6 Å². The molecule has 0 radical (unpaired) electrons. The van der Waals surface area contributed by atoms with Gasteiger partial charge in [0.25, 0.3) is 5.56 Å².